The van der Waals surface area contributed by atoms with Crippen LogP contribution in [0.4, 0.5) is 0 Å². The van der Waals surface area contributed by atoms with Crippen molar-refractivity contribution in [1.82, 2.24) is 14.5 Å². The van der Waals surface area contributed by atoms with Crippen LogP contribution < -0.4 is 15.0 Å². The Morgan fingerprint density at radius 2 is 2.20 bits per heavy atom. The summed E-state index contributed by atoms with van der Waals surface area (Å²) in [7, 11) is 0. The number of nitrogens with zero attached hydrogens (tertiary/aromatic N) is 2. The molecule has 2 aromatic heterocycles. The molecule has 0 atom stereocenters. The van der Waals surface area contributed by atoms with Gasteiger partial charge in [-0.1, -0.05) is 11.6 Å². The summed E-state index contributed by atoms with van der Waals surface area (Å²) in [6, 6.07) is 6.35. The summed E-state index contributed by atoms with van der Waals surface area (Å²) in [6.07, 6.45) is 1.29. The lowest BCUT2D eigenvalue weighted by atomic mass is 10.3. The Balaban J connectivity index is 1.93. The lowest BCUT2D eigenvalue weighted by Crippen LogP contribution is -2.06. The first kappa shape index (κ1) is 9.44. The van der Waals surface area contributed by atoms with E-state index in [0.717, 1.165) is 0 Å². The summed E-state index contributed by atoms with van der Waals surface area (Å²) < 4.78 is 26.6. The normalized spacial score (nSPS) is 17.1. The van der Waals surface area contributed by atoms with Crippen LogP contribution >= 0.6 is 11.6 Å². The van der Waals surface area contributed by atoms with E-state index in [1.807, 2.05) is 0 Å². The standard InChI is InChI=1S/C13H8ClN3O3/c14-11-4-8-12(15-5-16-13(8)18)17(11)7-1-2-9-10(3-7)20-6-19-9/h1-5H,6H2,(H,15,16,18)/i6D2. The van der Waals surface area contributed by atoms with Crippen molar-refractivity contribution in [2.24, 2.45) is 0 Å². The first-order valence-electron chi connectivity index (χ1n) is 6.72. The fraction of sp³-hybridized carbons (Fsp3) is 0.0769. The minimum atomic E-state index is -2.20. The van der Waals surface area contributed by atoms with E-state index in [-0.39, 0.29) is 11.3 Å². The van der Waals surface area contributed by atoms with Crippen LogP contribution in [0, 0.1) is 0 Å². The number of aromatic amines is 1. The molecule has 100 valence electrons. The summed E-state index contributed by atoms with van der Waals surface area (Å²) in [4.78, 5) is 18.4. The molecule has 20 heavy (non-hydrogen) atoms. The number of fused-ring (bicyclic) bond motifs is 2. The quantitative estimate of drug-likeness (QED) is 0.745. The van der Waals surface area contributed by atoms with Gasteiger partial charge >= 0.3 is 0 Å². The maximum atomic E-state index is 11.8. The van der Waals surface area contributed by atoms with Gasteiger partial charge in [0.15, 0.2) is 17.1 Å². The van der Waals surface area contributed by atoms with Crippen LogP contribution in [0.15, 0.2) is 35.4 Å². The summed E-state index contributed by atoms with van der Waals surface area (Å²) in [5.74, 6) is 0.553. The number of aromatic nitrogens is 3. The number of halogens is 1. The monoisotopic (exact) mass is 291 g/mol. The molecular formula is C13H8ClN3O3. The van der Waals surface area contributed by atoms with E-state index in [1.54, 1.807) is 22.8 Å². The highest BCUT2D eigenvalue weighted by Gasteiger charge is 2.17. The van der Waals surface area contributed by atoms with E-state index in [1.165, 1.54) is 12.4 Å². The molecule has 1 N–H and O–H groups in total. The van der Waals surface area contributed by atoms with Gasteiger partial charge in [0, 0.05) is 6.07 Å². The van der Waals surface area contributed by atoms with Gasteiger partial charge in [-0.05, 0) is 18.2 Å². The molecule has 6 nitrogen and oxygen atoms in total. The van der Waals surface area contributed by atoms with Crippen molar-refractivity contribution in [3.8, 4) is 17.2 Å². The molecule has 0 amide bonds. The predicted molar refractivity (Wildman–Crippen MR) is 72.8 cm³/mol. The second-order valence-electron chi connectivity index (χ2n) is 4.19. The highest BCUT2D eigenvalue weighted by Crippen LogP contribution is 2.35. The van der Waals surface area contributed by atoms with Gasteiger partial charge in [-0.2, -0.15) is 0 Å². The molecule has 0 saturated heterocycles. The van der Waals surface area contributed by atoms with Crippen molar-refractivity contribution in [1.29, 1.82) is 0 Å². The second kappa shape index (κ2) is 4.01. The van der Waals surface area contributed by atoms with Crippen molar-refractivity contribution >= 4 is 22.6 Å². The molecule has 0 radical (unpaired) electrons. The Morgan fingerprint density at radius 1 is 1.35 bits per heavy atom. The number of rotatable bonds is 1. The second-order valence-corrected chi connectivity index (χ2v) is 4.58. The Kier molecular flexibility index (Phi) is 1.89. The van der Waals surface area contributed by atoms with Crippen molar-refractivity contribution in [2.75, 3.05) is 6.75 Å². The maximum absolute atomic E-state index is 11.8. The highest BCUT2D eigenvalue weighted by atomic mass is 35.5. The van der Waals surface area contributed by atoms with Crippen LogP contribution in [0.1, 0.15) is 2.74 Å². The Morgan fingerprint density at radius 3 is 3.10 bits per heavy atom. The minimum absolute atomic E-state index is 0.255. The van der Waals surface area contributed by atoms with E-state index in [0.29, 0.717) is 27.6 Å². The number of H-pyrrole nitrogens is 1. The molecule has 0 bridgehead atoms. The molecule has 1 aromatic carbocycles. The van der Waals surface area contributed by atoms with Gasteiger partial charge in [0.2, 0.25) is 6.75 Å². The lowest BCUT2D eigenvalue weighted by Gasteiger charge is -2.07. The number of benzene rings is 1. The van der Waals surface area contributed by atoms with E-state index in [4.69, 9.17) is 23.8 Å². The Hall–Kier alpha value is -2.47. The molecule has 1 aliphatic rings. The number of hydrogen-bond acceptors (Lipinski definition) is 4. The first-order valence-corrected chi connectivity index (χ1v) is 6.09. The fourth-order valence-corrected chi connectivity index (χ4v) is 2.44. The molecule has 7 heteroatoms. The molecule has 0 aliphatic carbocycles. The van der Waals surface area contributed by atoms with Crippen LogP contribution in [0.25, 0.3) is 16.7 Å². The minimum Gasteiger partial charge on any atom is -0.454 e. The summed E-state index contributed by atoms with van der Waals surface area (Å²) in [6.45, 7) is -2.20. The van der Waals surface area contributed by atoms with Crippen molar-refractivity contribution < 1.29 is 12.2 Å². The third kappa shape index (κ3) is 1.51. The van der Waals surface area contributed by atoms with Gasteiger partial charge in [-0.15, -0.1) is 0 Å². The Bertz CT molecular complexity index is 967. The predicted octanol–water partition coefficient (Wildman–Crippen LogP) is 2.10. The molecule has 0 saturated carbocycles. The third-order valence-electron chi connectivity index (χ3n) is 3.05. The zero-order valence-electron chi connectivity index (χ0n) is 11.9. The summed E-state index contributed by atoms with van der Waals surface area (Å²) >= 11 is 6.21. The zero-order chi connectivity index (χ0) is 15.5. The molecule has 3 aromatic rings. The smallest absolute Gasteiger partial charge is 0.260 e. The molecule has 0 unspecified atom stereocenters. The number of hydrogen-bond donors (Lipinski definition) is 1. The van der Waals surface area contributed by atoms with Crippen LogP contribution in [0.3, 0.4) is 0 Å². The van der Waals surface area contributed by atoms with Gasteiger partial charge in [0.25, 0.3) is 5.56 Å². The molecule has 4 rings (SSSR count). The molecule has 3 heterocycles. The SMILES string of the molecule is [2H]C1([2H])Oc2ccc(-n3c(Cl)cc4c(=O)[nH]cnc43)cc2O1. The van der Waals surface area contributed by atoms with Gasteiger partial charge in [0.1, 0.15) is 7.89 Å². The maximum Gasteiger partial charge on any atom is 0.260 e. The van der Waals surface area contributed by atoms with Gasteiger partial charge < -0.3 is 14.5 Å². The Labute approximate surface area is 120 Å². The van der Waals surface area contributed by atoms with E-state index in [2.05, 4.69) is 9.97 Å². The number of nitrogens with one attached hydrogen (secondary N) is 1. The summed E-state index contributed by atoms with van der Waals surface area (Å²) in [5.41, 5.74) is 0.691. The van der Waals surface area contributed by atoms with Gasteiger partial charge in [-0.25, -0.2) is 4.98 Å². The summed E-state index contributed by atoms with van der Waals surface area (Å²) in [5, 5.41) is 0.668. The average Bonchev–Trinajstić information content (AvgIpc) is 2.93. The van der Waals surface area contributed by atoms with Crippen LogP contribution in [0.2, 0.25) is 5.15 Å². The van der Waals surface area contributed by atoms with E-state index in [9.17, 15) is 4.79 Å². The van der Waals surface area contributed by atoms with Crippen molar-refractivity contribution in [2.45, 2.75) is 0 Å². The van der Waals surface area contributed by atoms with Crippen molar-refractivity contribution in [3.05, 3.63) is 46.1 Å². The highest BCUT2D eigenvalue weighted by molar-refractivity contribution is 6.31. The van der Waals surface area contributed by atoms with E-state index >= 15 is 0 Å². The third-order valence-corrected chi connectivity index (χ3v) is 3.32. The molecule has 0 spiro atoms. The van der Waals surface area contributed by atoms with Crippen LogP contribution in [-0.4, -0.2) is 21.3 Å². The lowest BCUT2D eigenvalue weighted by molar-refractivity contribution is 0.174. The van der Waals surface area contributed by atoms with Crippen LogP contribution in [0.5, 0.6) is 11.5 Å². The van der Waals surface area contributed by atoms with E-state index < -0.39 is 6.75 Å². The average molecular weight is 292 g/mol. The largest absolute Gasteiger partial charge is 0.454 e. The van der Waals surface area contributed by atoms with Gasteiger partial charge in [-0.3, -0.25) is 9.36 Å². The molecule has 0 fully saturated rings. The molecular weight excluding hydrogens is 282 g/mol. The zero-order valence-corrected chi connectivity index (χ0v) is 10.6. The number of ether oxygens (including phenoxy) is 2. The van der Waals surface area contributed by atoms with Crippen molar-refractivity contribution in [3.63, 3.8) is 0 Å². The van der Waals surface area contributed by atoms with Gasteiger partial charge in [0.05, 0.1) is 17.4 Å². The molecule has 1 aliphatic heterocycles. The first-order chi connectivity index (χ1) is 10.4. The van der Waals surface area contributed by atoms with Crippen LogP contribution in [-0.2, 0) is 0 Å². The topological polar surface area (TPSA) is 69.1 Å². The fourth-order valence-electron chi connectivity index (χ4n) is 2.15.